The molecule has 3 aliphatic heterocycles. The fourth-order valence-corrected chi connectivity index (χ4v) is 6.14. The van der Waals surface area contributed by atoms with Gasteiger partial charge in [-0.25, -0.2) is 0 Å². The van der Waals surface area contributed by atoms with Crippen LogP contribution in [0.3, 0.4) is 0 Å². The molecule has 32 heavy (non-hydrogen) atoms. The van der Waals surface area contributed by atoms with Crippen molar-refractivity contribution in [2.75, 3.05) is 0 Å². The molecule has 0 N–H and O–H groups in total. The van der Waals surface area contributed by atoms with Crippen molar-refractivity contribution in [3.05, 3.63) is 119 Å². The SMILES string of the molecule is O=C1OC(=O)[C@@H]2[C@@H]1[C@@]1(c3ccccc3)O[C@@]2(c2ccccc2)c2cc3ccccc3cc21. The van der Waals surface area contributed by atoms with Crippen LogP contribution in [0.25, 0.3) is 10.8 Å². The molecule has 2 fully saturated rings. The van der Waals surface area contributed by atoms with Crippen LogP contribution in [0.15, 0.2) is 97.1 Å². The van der Waals surface area contributed by atoms with Gasteiger partial charge < -0.3 is 9.47 Å². The minimum absolute atomic E-state index is 0.513. The molecule has 4 aromatic rings. The minimum Gasteiger partial charge on any atom is -0.392 e. The van der Waals surface area contributed by atoms with Gasteiger partial charge in [0, 0.05) is 0 Å². The minimum atomic E-state index is -1.09. The molecule has 0 aromatic heterocycles. The van der Waals surface area contributed by atoms with E-state index in [0.717, 1.165) is 33.0 Å². The first-order chi connectivity index (χ1) is 15.7. The number of hydrogen-bond acceptors (Lipinski definition) is 4. The number of esters is 2. The van der Waals surface area contributed by atoms with Gasteiger partial charge in [0.2, 0.25) is 0 Å². The van der Waals surface area contributed by atoms with Gasteiger partial charge in [-0.2, -0.15) is 0 Å². The molecule has 0 spiro atoms. The number of cyclic esters (lactones) is 2. The first-order valence-corrected chi connectivity index (χ1v) is 10.8. The lowest BCUT2D eigenvalue weighted by molar-refractivity contribution is -0.162. The number of carbonyl (C=O) groups is 2. The highest BCUT2D eigenvalue weighted by atomic mass is 16.6. The van der Waals surface area contributed by atoms with Gasteiger partial charge in [-0.3, -0.25) is 9.59 Å². The molecule has 4 atom stereocenters. The topological polar surface area (TPSA) is 52.6 Å². The molecule has 4 aromatic carbocycles. The standard InChI is InChI=1S/C28H18O4/c29-25-23-24(26(30)31-25)28(20-13-5-2-6-14-20)22-16-18-10-8-7-9-17(18)15-21(22)27(23,32-28)19-11-3-1-4-12-19/h1-16,23-24H/t23-,24-,27-,28-/m0/s1. The number of hydrogen-bond donors (Lipinski definition) is 0. The molecule has 3 heterocycles. The van der Waals surface area contributed by atoms with Crippen molar-refractivity contribution in [1.82, 2.24) is 0 Å². The Labute approximate surface area is 184 Å². The summed E-state index contributed by atoms with van der Waals surface area (Å²) in [6, 6.07) is 31.9. The van der Waals surface area contributed by atoms with Gasteiger partial charge >= 0.3 is 11.9 Å². The molecule has 4 heteroatoms. The highest BCUT2D eigenvalue weighted by Gasteiger charge is 2.78. The Morgan fingerprint density at radius 1 is 0.562 bits per heavy atom. The summed E-state index contributed by atoms with van der Waals surface area (Å²) < 4.78 is 12.3. The quantitative estimate of drug-likeness (QED) is 0.350. The third-order valence-corrected chi connectivity index (χ3v) is 7.33. The molecule has 0 saturated carbocycles. The molecule has 2 bridgehead atoms. The lowest BCUT2D eigenvalue weighted by Gasteiger charge is -2.34. The molecule has 2 saturated heterocycles. The summed E-state index contributed by atoms with van der Waals surface area (Å²) in [6.07, 6.45) is 0. The Morgan fingerprint density at radius 2 is 0.969 bits per heavy atom. The average Bonchev–Trinajstić information content (AvgIpc) is 3.44. The van der Waals surface area contributed by atoms with Crippen molar-refractivity contribution in [2.45, 2.75) is 11.2 Å². The summed E-state index contributed by atoms with van der Waals surface area (Å²) in [5.41, 5.74) is 1.38. The Morgan fingerprint density at radius 3 is 1.41 bits per heavy atom. The van der Waals surface area contributed by atoms with Crippen molar-refractivity contribution in [3.63, 3.8) is 0 Å². The number of benzene rings is 4. The zero-order valence-corrected chi connectivity index (χ0v) is 17.0. The summed E-state index contributed by atoms with van der Waals surface area (Å²) in [5, 5.41) is 2.13. The smallest absolute Gasteiger partial charge is 0.321 e. The van der Waals surface area contributed by atoms with Crippen molar-refractivity contribution < 1.29 is 19.1 Å². The van der Waals surface area contributed by atoms with Crippen LogP contribution in [0.4, 0.5) is 0 Å². The van der Waals surface area contributed by atoms with E-state index in [1.807, 2.05) is 72.8 Å². The van der Waals surface area contributed by atoms with Crippen molar-refractivity contribution in [1.29, 1.82) is 0 Å². The molecule has 0 aliphatic carbocycles. The van der Waals surface area contributed by atoms with Crippen LogP contribution in [-0.4, -0.2) is 11.9 Å². The zero-order valence-electron chi connectivity index (χ0n) is 17.0. The van der Waals surface area contributed by atoms with Crippen molar-refractivity contribution in [3.8, 4) is 0 Å². The monoisotopic (exact) mass is 418 g/mol. The maximum Gasteiger partial charge on any atom is 0.321 e. The fraction of sp³-hybridized carbons (Fsp3) is 0.143. The Balaban J connectivity index is 1.66. The van der Waals surface area contributed by atoms with Crippen LogP contribution >= 0.6 is 0 Å². The van der Waals surface area contributed by atoms with E-state index in [2.05, 4.69) is 24.3 Å². The van der Waals surface area contributed by atoms with Gasteiger partial charge in [-0.1, -0.05) is 84.9 Å². The predicted molar refractivity (Wildman–Crippen MR) is 118 cm³/mol. The van der Waals surface area contributed by atoms with Crippen LogP contribution < -0.4 is 0 Å². The Bertz CT molecular complexity index is 1320. The zero-order chi connectivity index (χ0) is 21.5. The number of ether oxygens (including phenoxy) is 2. The highest BCUT2D eigenvalue weighted by Crippen LogP contribution is 2.70. The Hall–Kier alpha value is -3.76. The van der Waals surface area contributed by atoms with Gasteiger partial charge in [0.05, 0.1) is 0 Å². The molecule has 154 valence electrons. The largest absolute Gasteiger partial charge is 0.392 e. The summed E-state index contributed by atoms with van der Waals surface area (Å²) in [5.74, 6) is -2.52. The van der Waals surface area contributed by atoms with Crippen LogP contribution in [-0.2, 0) is 30.3 Å². The third kappa shape index (κ3) is 1.92. The predicted octanol–water partition coefficient (Wildman–Crippen LogP) is 4.69. The van der Waals surface area contributed by atoms with Crippen LogP contribution in [0.5, 0.6) is 0 Å². The summed E-state index contributed by atoms with van der Waals surface area (Å²) in [4.78, 5) is 26.3. The molecular weight excluding hydrogens is 400 g/mol. The summed E-state index contributed by atoms with van der Waals surface area (Å²) in [7, 11) is 0. The van der Waals surface area contributed by atoms with E-state index in [4.69, 9.17) is 9.47 Å². The lowest BCUT2D eigenvalue weighted by Crippen LogP contribution is -2.42. The number of carbonyl (C=O) groups excluding carboxylic acids is 2. The first kappa shape index (κ1) is 17.9. The molecule has 0 unspecified atom stereocenters. The van der Waals surface area contributed by atoms with Gasteiger partial charge in [-0.05, 0) is 45.2 Å². The van der Waals surface area contributed by atoms with Gasteiger partial charge in [0.15, 0.2) is 0 Å². The van der Waals surface area contributed by atoms with E-state index in [1.54, 1.807) is 0 Å². The lowest BCUT2D eigenvalue weighted by atomic mass is 9.61. The summed E-state index contributed by atoms with van der Waals surface area (Å²) in [6.45, 7) is 0. The fourth-order valence-electron chi connectivity index (χ4n) is 6.14. The number of fused-ring (bicyclic) bond motifs is 9. The van der Waals surface area contributed by atoms with Crippen LogP contribution in [0.1, 0.15) is 22.3 Å². The highest BCUT2D eigenvalue weighted by molar-refractivity contribution is 6.01. The molecule has 0 amide bonds. The molecular formula is C28H18O4. The number of rotatable bonds is 2. The van der Waals surface area contributed by atoms with Gasteiger partial charge in [0.25, 0.3) is 0 Å². The maximum atomic E-state index is 13.2. The van der Waals surface area contributed by atoms with Gasteiger partial charge in [0.1, 0.15) is 23.0 Å². The second-order valence-electron chi connectivity index (χ2n) is 8.75. The first-order valence-electron chi connectivity index (χ1n) is 10.8. The Kier molecular flexibility index (Phi) is 3.31. The molecule has 0 radical (unpaired) electrons. The third-order valence-electron chi connectivity index (χ3n) is 7.33. The average molecular weight is 418 g/mol. The maximum absolute atomic E-state index is 13.2. The molecule has 4 nitrogen and oxygen atoms in total. The van der Waals surface area contributed by atoms with E-state index < -0.39 is 35.0 Å². The van der Waals surface area contributed by atoms with Crippen LogP contribution in [0.2, 0.25) is 0 Å². The van der Waals surface area contributed by atoms with Crippen molar-refractivity contribution >= 4 is 22.7 Å². The van der Waals surface area contributed by atoms with Crippen molar-refractivity contribution in [2.24, 2.45) is 11.8 Å². The normalized spacial score (nSPS) is 29.8. The van der Waals surface area contributed by atoms with Crippen LogP contribution in [0, 0.1) is 11.8 Å². The second-order valence-corrected chi connectivity index (χ2v) is 8.75. The van der Waals surface area contributed by atoms with E-state index in [1.165, 1.54) is 0 Å². The summed E-state index contributed by atoms with van der Waals surface area (Å²) >= 11 is 0. The molecule has 3 aliphatic rings. The molecule has 7 rings (SSSR count). The van der Waals surface area contributed by atoms with E-state index in [9.17, 15) is 9.59 Å². The van der Waals surface area contributed by atoms with E-state index in [-0.39, 0.29) is 0 Å². The second kappa shape index (κ2) is 5.93. The van der Waals surface area contributed by atoms with Gasteiger partial charge in [-0.15, -0.1) is 0 Å². The van der Waals surface area contributed by atoms with E-state index >= 15 is 0 Å². The van der Waals surface area contributed by atoms with E-state index in [0.29, 0.717) is 0 Å².